The van der Waals surface area contributed by atoms with Gasteiger partial charge in [0, 0.05) is 6.54 Å². The van der Waals surface area contributed by atoms with Gasteiger partial charge in [0.1, 0.15) is 0 Å². The summed E-state index contributed by atoms with van der Waals surface area (Å²) in [6.07, 6.45) is 0.0759. The van der Waals surface area contributed by atoms with Gasteiger partial charge in [-0.05, 0) is 41.9 Å². The molecule has 0 fully saturated rings. The summed E-state index contributed by atoms with van der Waals surface area (Å²) in [7, 11) is 0. The quantitative estimate of drug-likeness (QED) is 0.767. The van der Waals surface area contributed by atoms with Gasteiger partial charge in [-0.3, -0.25) is 9.48 Å². The highest BCUT2D eigenvalue weighted by atomic mass is 79.9. The molecule has 3 nitrogen and oxygen atoms in total. The summed E-state index contributed by atoms with van der Waals surface area (Å²) in [6.45, 7) is 4.43. The van der Waals surface area contributed by atoms with Crippen LogP contribution in [-0.4, -0.2) is 15.6 Å². The Hall–Kier alpha value is -1.20. The molecule has 0 saturated carbocycles. The molecule has 0 saturated heterocycles. The summed E-state index contributed by atoms with van der Waals surface area (Å²) in [6, 6.07) is 4.43. The van der Waals surface area contributed by atoms with Crippen molar-refractivity contribution in [2.24, 2.45) is 0 Å². The van der Waals surface area contributed by atoms with E-state index >= 15 is 0 Å². The number of Topliss-reactive ketones (excluding diaryl/α,β-unsaturated/α-hetero) is 1. The molecule has 0 atom stereocenters. The van der Waals surface area contributed by atoms with E-state index in [1.54, 1.807) is 10.7 Å². The van der Waals surface area contributed by atoms with E-state index in [2.05, 4.69) is 21.0 Å². The second-order valence-electron chi connectivity index (χ2n) is 4.36. The van der Waals surface area contributed by atoms with Gasteiger partial charge in [0.2, 0.25) is 0 Å². The van der Waals surface area contributed by atoms with E-state index in [4.69, 9.17) is 11.6 Å². The maximum atomic E-state index is 13.9. The number of aryl methyl sites for hydroxylation is 2. The monoisotopic (exact) mass is 358 g/mol. The molecule has 0 unspecified atom stereocenters. The molecule has 0 aliphatic rings. The third-order valence-corrected chi connectivity index (χ3v) is 4.36. The third-order valence-electron chi connectivity index (χ3n) is 3.03. The van der Waals surface area contributed by atoms with Gasteiger partial charge in [0.05, 0.1) is 32.9 Å². The Balaban J connectivity index is 2.35. The Morgan fingerprint density at radius 2 is 2.20 bits per heavy atom. The summed E-state index contributed by atoms with van der Waals surface area (Å²) in [5.41, 5.74) is 1.56. The van der Waals surface area contributed by atoms with Crippen LogP contribution in [0.25, 0.3) is 0 Å². The van der Waals surface area contributed by atoms with Gasteiger partial charge >= 0.3 is 0 Å². The smallest absolute Gasteiger partial charge is 0.171 e. The minimum Gasteiger partial charge on any atom is -0.294 e. The highest BCUT2D eigenvalue weighted by Crippen LogP contribution is 2.24. The number of halogens is 3. The van der Waals surface area contributed by atoms with Crippen molar-refractivity contribution in [3.63, 3.8) is 0 Å². The highest BCUT2D eigenvalue weighted by Gasteiger charge is 2.19. The van der Waals surface area contributed by atoms with E-state index in [0.29, 0.717) is 6.54 Å². The second kappa shape index (κ2) is 6.06. The van der Waals surface area contributed by atoms with Gasteiger partial charge in [-0.25, -0.2) is 4.39 Å². The van der Waals surface area contributed by atoms with Gasteiger partial charge in [-0.1, -0.05) is 17.7 Å². The van der Waals surface area contributed by atoms with Gasteiger partial charge in [-0.15, -0.1) is 0 Å². The summed E-state index contributed by atoms with van der Waals surface area (Å²) >= 11 is 9.12. The zero-order chi connectivity index (χ0) is 14.9. The minimum absolute atomic E-state index is 0.00547. The van der Waals surface area contributed by atoms with E-state index < -0.39 is 5.82 Å². The van der Waals surface area contributed by atoms with Gasteiger partial charge in [0.15, 0.2) is 11.6 Å². The third kappa shape index (κ3) is 2.79. The van der Waals surface area contributed by atoms with Crippen LogP contribution in [0.4, 0.5) is 4.39 Å². The zero-order valence-electron chi connectivity index (χ0n) is 11.1. The first-order chi connectivity index (χ1) is 9.45. The number of benzene rings is 1. The normalized spacial score (nSPS) is 10.8. The van der Waals surface area contributed by atoms with E-state index in [9.17, 15) is 9.18 Å². The predicted octanol–water partition coefficient (Wildman–Crippen LogP) is 4.19. The summed E-state index contributed by atoms with van der Waals surface area (Å²) in [5, 5.41) is 4.27. The number of nitrogens with zero attached hydrogens (tertiary/aromatic N) is 2. The van der Waals surface area contributed by atoms with E-state index in [1.807, 2.05) is 13.8 Å². The Morgan fingerprint density at radius 3 is 2.85 bits per heavy atom. The first-order valence-electron chi connectivity index (χ1n) is 6.14. The highest BCUT2D eigenvalue weighted by molar-refractivity contribution is 9.10. The van der Waals surface area contributed by atoms with Gasteiger partial charge < -0.3 is 0 Å². The molecule has 20 heavy (non-hydrogen) atoms. The fraction of sp³-hybridized carbons (Fsp3) is 0.286. The lowest BCUT2D eigenvalue weighted by Crippen LogP contribution is -2.11. The van der Waals surface area contributed by atoms with Crippen molar-refractivity contribution >= 4 is 33.3 Å². The zero-order valence-corrected chi connectivity index (χ0v) is 13.4. The van der Waals surface area contributed by atoms with Crippen molar-refractivity contribution in [1.29, 1.82) is 0 Å². The largest absolute Gasteiger partial charge is 0.294 e. The maximum Gasteiger partial charge on any atom is 0.171 e. The number of carbonyl (C=O) groups excluding carboxylic acids is 1. The Kier molecular flexibility index (Phi) is 4.60. The van der Waals surface area contributed by atoms with Crippen LogP contribution < -0.4 is 0 Å². The van der Waals surface area contributed by atoms with E-state index in [1.165, 1.54) is 12.1 Å². The lowest BCUT2D eigenvalue weighted by atomic mass is 10.1. The number of hydrogen-bond donors (Lipinski definition) is 0. The summed E-state index contributed by atoms with van der Waals surface area (Å²) in [4.78, 5) is 12.3. The van der Waals surface area contributed by atoms with Gasteiger partial charge in [0.25, 0.3) is 0 Å². The second-order valence-corrected chi connectivity index (χ2v) is 5.56. The van der Waals surface area contributed by atoms with Crippen LogP contribution in [0.5, 0.6) is 0 Å². The van der Waals surface area contributed by atoms with Crippen LogP contribution >= 0.6 is 27.5 Å². The minimum atomic E-state index is -0.672. The van der Waals surface area contributed by atoms with Crippen LogP contribution in [0.2, 0.25) is 5.02 Å². The van der Waals surface area contributed by atoms with Crippen molar-refractivity contribution < 1.29 is 9.18 Å². The number of ketones is 1. The standard InChI is InChI=1S/C14H13BrClFN2O/c1-3-19-11(13(15)8(2)18-19)7-12(20)9-5-4-6-10(16)14(9)17/h4-6H,3,7H2,1-2H3. The number of rotatable bonds is 4. The number of carbonyl (C=O) groups is 1. The molecule has 6 heteroatoms. The number of aromatic nitrogens is 2. The average Bonchev–Trinajstić information content (AvgIpc) is 2.69. The fourth-order valence-corrected chi connectivity index (χ4v) is 2.60. The van der Waals surface area contributed by atoms with Crippen molar-refractivity contribution in [3.05, 3.63) is 50.5 Å². The topological polar surface area (TPSA) is 34.9 Å². The molecule has 2 rings (SSSR count). The molecule has 0 aliphatic carbocycles. The molecule has 1 aromatic heterocycles. The van der Waals surface area contributed by atoms with Crippen molar-refractivity contribution in [3.8, 4) is 0 Å². The van der Waals surface area contributed by atoms with Crippen LogP contribution in [-0.2, 0) is 13.0 Å². The van der Waals surface area contributed by atoms with Gasteiger partial charge in [-0.2, -0.15) is 5.10 Å². The summed E-state index contributed by atoms with van der Waals surface area (Å²) < 4.78 is 16.4. The fourth-order valence-electron chi connectivity index (χ4n) is 2.00. The number of hydrogen-bond acceptors (Lipinski definition) is 2. The molecule has 0 amide bonds. The lowest BCUT2D eigenvalue weighted by molar-refractivity contribution is 0.0986. The molecule has 0 N–H and O–H groups in total. The van der Waals surface area contributed by atoms with E-state index in [0.717, 1.165) is 15.9 Å². The van der Waals surface area contributed by atoms with Crippen molar-refractivity contribution in [2.75, 3.05) is 0 Å². The molecule has 1 heterocycles. The van der Waals surface area contributed by atoms with Crippen molar-refractivity contribution in [1.82, 2.24) is 9.78 Å². The predicted molar refractivity (Wildman–Crippen MR) is 79.8 cm³/mol. The van der Waals surface area contributed by atoms with Crippen LogP contribution in [0.1, 0.15) is 28.7 Å². The molecule has 106 valence electrons. The molecular weight excluding hydrogens is 347 g/mol. The van der Waals surface area contributed by atoms with Crippen LogP contribution in [0.3, 0.4) is 0 Å². The van der Waals surface area contributed by atoms with Crippen molar-refractivity contribution in [2.45, 2.75) is 26.8 Å². The maximum absolute atomic E-state index is 13.9. The molecule has 0 spiro atoms. The molecule has 0 bridgehead atoms. The first kappa shape index (κ1) is 15.2. The molecule has 0 radical (unpaired) electrons. The lowest BCUT2D eigenvalue weighted by Gasteiger charge is -2.06. The van der Waals surface area contributed by atoms with Crippen LogP contribution in [0, 0.1) is 12.7 Å². The Morgan fingerprint density at radius 1 is 1.50 bits per heavy atom. The Labute approximate surface area is 129 Å². The first-order valence-corrected chi connectivity index (χ1v) is 7.31. The summed E-state index contributed by atoms with van der Waals surface area (Å²) in [5.74, 6) is -0.991. The SMILES string of the molecule is CCn1nc(C)c(Br)c1CC(=O)c1cccc(Cl)c1F. The average molecular weight is 360 g/mol. The molecular formula is C14H13BrClFN2O. The molecule has 1 aromatic carbocycles. The van der Waals surface area contributed by atoms with Crippen LogP contribution in [0.15, 0.2) is 22.7 Å². The Bertz CT molecular complexity index is 669. The van der Waals surface area contributed by atoms with E-state index in [-0.39, 0.29) is 22.8 Å². The molecule has 2 aromatic rings. The molecule has 0 aliphatic heterocycles.